The zero-order valence-electron chi connectivity index (χ0n) is 10.8. The molecule has 1 aromatic rings. The van der Waals surface area contributed by atoms with Crippen LogP contribution in [0.1, 0.15) is 37.7 Å². The van der Waals surface area contributed by atoms with Crippen LogP contribution in [0.15, 0.2) is 30.3 Å². The van der Waals surface area contributed by atoms with Gasteiger partial charge in [-0.05, 0) is 49.5 Å². The highest BCUT2D eigenvalue weighted by molar-refractivity contribution is 5.82. The fourth-order valence-corrected chi connectivity index (χ4v) is 3.94. The largest absolute Gasteiger partial charge is 0.362 e. The molecule has 0 spiro atoms. The Balaban J connectivity index is 1.69. The predicted molar refractivity (Wildman–Crippen MR) is 72.3 cm³/mol. The quantitative estimate of drug-likeness (QED) is 0.558. The van der Waals surface area contributed by atoms with Gasteiger partial charge in [0.1, 0.15) is 0 Å². The molecule has 0 aromatic heterocycles. The molecule has 2 aliphatic carbocycles. The van der Waals surface area contributed by atoms with Gasteiger partial charge in [0.15, 0.2) is 0 Å². The first kappa shape index (κ1) is 11.7. The molecule has 0 N–H and O–H groups in total. The summed E-state index contributed by atoms with van der Waals surface area (Å²) in [5.74, 6) is 2.12. The minimum atomic E-state index is 0.567. The Kier molecular flexibility index (Phi) is 3.29. The molecule has 2 heteroatoms. The summed E-state index contributed by atoms with van der Waals surface area (Å²) < 4.78 is 0. The van der Waals surface area contributed by atoms with Gasteiger partial charge < -0.3 is 5.53 Å². The summed E-state index contributed by atoms with van der Waals surface area (Å²) in [6.45, 7) is 0. The lowest BCUT2D eigenvalue weighted by Gasteiger charge is -2.20. The fourth-order valence-electron chi connectivity index (χ4n) is 3.94. The van der Waals surface area contributed by atoms with E-state index in [2.05, 4.69) is 35.1 Å². The Bertz CT molecular complexity index is 459. The molecule has 0 saturated heterocycles. The van der Waals surface area contributed by atoms with E-state index in [0.717, 1.165) is 24.0 Å². The summed E-state index contributed by atoms with van der Waals surface area (Å²) in [7, 11) is 0. The van der Waals surface area contributed by atoms with E-state index >= 15 is 0 Å². The standard InChI is InChI=1S/C16H20N2/c17-18-16-8-4-7-14-10-13(11-15(14)16)9-12-5-2-1-3-6-12/h1-3,5-6,13-15H,4,7-11H2. The highest BCUT2D eigenvalue weighted by Gasteiger charge is 2.42. The number of hydrogen-bond acceptors (Lipinski definition) is 0. The second kappa shape index (κ2) is 5.07. The number of benzene rings is 1. The van der Waals surface area contributed by atoms with E-state index in [0.29, 0.717) is 5.92 Å². The highest BCUT2D eigenvalue weighted by atomic mass is 14.9. The third-order valence-corrected chi connectivity index (χ3v) is 4.72. The van der Waals surface area contributed by atoms with Crippen LogP contribution in [0, 0.1) is 17.8 Å². The van der Waals surface area contributed by atoms with Gasteiger partial charge in [-0.2, -0.15) is 4.79 Å². The first-order valence-electron chi connectivity index (χ1n) is 7.11. The SMILES string of the molecule is [N-]=[N+]=C1CCCC2CC(Cc3ccccc3)CC12. The van der Waals surface area contributed by atoms with E-state index in [4.69, 9.17) is 5.53 Å². The number of rotatable bonds is 2. The molecule has 2 saturated carbocycles. The molecule has 3 atom stereocenters. The van der Waals surface area contributed by atoms with Crippen LogP contribution >= 0.6 is 0 Å². The second-order valence-corrected chi connectivity index (χ2v) is 5.88. The minimum absolute atomic E-state index is 0.567. The Labute approximate surface area is 109 Å². The molecule has 3 rings (SSSR count). The lowest BCUT2D eigenvalue weighted by atomic mass is 9.80. The van der Waals surface area contributed by atoms with Crippen LogP contribution < -0.4 is 0 Å². The first-order valence-corrected chi connectivity index (χ1v) is 7.11. The van der Waals surface area contributed by atoms with E-state index in [-0.39, 0.29) is 0 Å². The van der Waals surface area contributed by atoms with Crippen LogP contribution in [0.4, 0.5) is 0 Å². The lowest BCUT2D eigenvalue weighted by Crippen LogP contribution is -2.24. The van der Waals surface area contributed by atoms with E-state index in [1.807, 2.05) is 0 Å². The first-order chi connectivity index (χ1) is 8.86. The monoisotopic (exact) mass is 240 g/mol. The molecule has 0 bridgehead atoms. The lowest BCUT2D eigenvalue weighted by molar-refractivity contribution is -0.0208. The van der Waals surface area contributed by atoms with Crippen LogP contribution in [-0.4, -0.2) is 10.5 Å². The Morgan fingerprint density at radius 2 is 2.00 bits per heavy atom. The summed E-state index contributed by atoms with van der Waals surface area (Å²) in [6.07, 6.45) is 7.27. The van der Waals surface area contributed by atoms with Gasteiger partial charge in [-0.25, -0.2) is 0 Å². The number of hydrogen-bond donors (Lipinski definition) is 0. The Morgan fingerprint density at radius 1 is 1.17 bits per heavy atom. The molecule has 18 heavy (non-hydrogen) atoms. The van der Waals surface area contributed by atoms with Crippen molar-refractivity contribution in [3.8, 4) is 0 Å². The third-order valence-electron chi connectivity index (χ3n) is 4.72. The summed E-state index contributed by atoms with van der Waals surface area (Å²) in [6, 6.07) is 10.8. The smallest absolute Gasteiger partial charge is 0.272 e. The number of nitrogens with zero attached hydrogens (tertiary/aromatic N) is 2. The van der Waals surface area contributed by atoms with Crippen molar-refractivity contribution in [2.24, 2.45) is 17.8 Å². The summed E-state index contributed by atoms with van der Waals surface area (Å²) >= 11 is 0. The van der Waals surface area contributed by atoms with Gasteiger partial charge in [-0.15, -0.1) is 0 Å². The molecule has 94 valence electrons. The summed E-state index contributed by atoms with van der Waals surface area (Å²) in [4.78, 5) is 3.55. The van der Waals surface area contributed by atoms with E-state index in [1.54, 1.807) is 0 Å². The fraction of sp³-hybridized carbons (Fsp3) is 0.562. The van der Waals surface area contributed by atoms with Crippen molar-refractivity contribution in [3.63, 3.8) is 0 Å². The maximum absolute atomic E-state index is 9.10. The molecule has 3 unspecified atom stereocenters. The molecule has 2 nitrogen and oxygen atoms in total. The number of fused-ring (bicyclic) bond motifs is 1. The van der Waals surface area contributed by atoms with Crippen molar-refractivity contribution < 1.29 is 4.79 Å². The maximum atomic E-state index is 9.10. The van der Waals surface area contributed by atoms with Gasteiger partial charge in [0.25, 0.3) is 5.71 Å². The summed E-state index contributed by atoms with van der Waals surface area (Å²) in [5, 5.41) is 0. The van der Waals surface area contributed by atoms with Gasteiger partial charge in [0.05, 0.1) is 5.92 Å². The molecule has 0 heterocycles. The normalized spacial score (nSPS) is 30.9. The van der Waals surface area contributed by atoms with Crippen molar-refractivity contribution in [2.45, 2.75) is 38.5 Å². The third kappa shape index (κ3) is 2.26. The van der Waals surface area contributed by atoms with Crippen LogP contribution in [-0.2, 0) is 6.42 Å². The minimum Gasteiger partial charge on any atom is -0.362 e. The topological polar surface area (TPSA) is 36.4 Å². The van der Waals surface area contributed by atoms with Gasteiger partial charge in [0, 0.05) is 6.42 Å². The molecule has 0 radical (unpaired) electrons. The maximum Gasteiger partial charge on any atom is 0.272 e. The van der Waals surface area contributed by atoms with Crippen LogP contribution in [0.25, 0.3) is 5.53 Å². The summed E-state index contributed by atoms with van der Waals surface area (Å²) in [5.41, 5.74) is 11.6. The van der Waals surface area contributed by atoms with E-state index in [1.165, 1.54) is 37.7 Å². The zero-order chi connectivity index (χ0) is 12.4. The second-order valence-electron chi connectivity index (χ2n) is 5.88. The average molecular weight is 240 g/mol. The molecular formula is C16H20N2. The molecule has 2 fully saturated rings. The van der Waals surface area contributed by atoms with Crippen LogP contribution in [0.5, 0.6) is 0 Å². The van der Waals surface area contributed by atoms with Gasteiger partial charge in [0.2, 0.25) is 0 Å². The van der Waals surface area contributed by atoms with E-state index < -0.39 is 0 Å². The zero-order valence-corrected chi connectivity index (χ0v) is 10.8. The van der Waals surface area contributed by atoms with Crippen molar-refractivity contribution in [1.29, 1.82) is 0 Å². The van der Waals surface area contributed by atoms with Crippen LogP contribution in [0.3, 0.4) is 0 Å². The highest BCUT2D eigenvalue weighted by Crippen LogP contribution is 2.44. The van der Waals surface area contributed by atoms with Gasteiger partial charge >= 0.3 is 0 Å². The van der Waals surface area contributed by atoms with Crippen molar-refractivity contribution in [3.05, 3.63) is 41.4 Å². The average Bonchev–Trinajstić information content (AvgIpc) is 2.82. The Hall–Kier alpha value is -1.40. The molecule has 2 aliphatic rings. The molecular weight excluding hydrogens is 220 g/mol. The van der Waals surface area contributed by atoms with E-state index in [9.17, 15) is 0 Å². The molecule has 0 aliphatic heterocycles. The molecule has 1 aromatic carbocycles. The van der Waals surface area contributed by atoms with Crippen LogP contribution in [0.2, 0.25) is 0 Å². The predicted octanol–water partition coefficient (Wildman–Crippen LogP) is 3.73. The Morgan fingerprint density at radius 3 is 2.78 bits per heavy atom. The van der Waals surface area contributed by atoms with Crippen molar-refractivity contribution in [1.82, 2.24) is 0 Å². The van der Waals surface area contributed by atoms with Gasteiger partial charge in [-0.1, -0.05) is 30.3 Å². The molecule has 0 amide bonds. The van der Waals surface area contributed by atoms with Crippen molar-refractivity contribution >= 4 is 5.71 Å². The van der Waals surface area contributed by atoms with Gasteiger partial charge in [-0.3, -0.25) is 0 Å². The van der Waals surface area contributed by atoms with Crippen molar-refractivity contribution in [2.75, 3.05) is 0 Å².